The zero-order chi connectivity index (χ0) is 17.1. The van der Waals surface area contributed by atoms with Gasteiger partial charge in [0.05, 0.1) is 13.2 Å². The Labute approximate surface area is 142 Å². The molecular formula is C18H23N5O. The van der Waals surface area contributed by atoms with Gasteiger partial charge in [0.1, 0.15) is 0 Å². The van der Waals surface area contributed by atoms with Crippen LogP contribution >= 0.6 is 0 Å². The minimum absolute atomic E-state index is 0.181. The van der Waals surface area contributed by atoms with Crippen LogP contribution in [0.25, 0.3) is 11.1 Å². The maximum absolute atomic E-state index is 5.69. The van der Waals surface area contributed by atoms with Crippen molar-refractivity contribution in [3.05, 3.63) is 41.7 Å². The number of fused-ring (bicyclic) bond motifs is 1. The molecule has 1 aliphatic carbocycles. The van der Waals surface area contributed by atoms with E-state index in [0.717, 1.165) is 24.8 Å². The van der Waals surface area contributed by atoms with Crippen LogP contribution in [0.4, 0.5) is 5.95 Å². The lowest BCUT2D eigenvalue weighted by Crippen LogP contribution is -2.23. The van der Waals surface area contributed by atoms with Crippen molar-refractivity contribution in [1.82, 2.24) is 9.97 Å². The van der Waals surface area contributed by atoms with E-state index in [1.807, 2.05) is 31.4 Å². The largest absolute Gasteiger partial charge is 0.469 e. The smallest absolute Gasteiger partial charge is 0.281 e. The third-order valence-corrected chi connectivity index (χ3v) is 4.32. The summed E-state index contributed by atoms with van der Waals surface area (Å²) in [5, 5.41) is 0. The zero-order valence-electron chi connectivity index (χ0n) is 14.4. The quantitative estimate of drug-likeness (QED) is 0.690. The summed E-state index contributed by atoms with van der Waals surface area (Å²) in [7, 11) is 5.42. The van der Waals surface area contributed by atoms with E-state index in [0.29, 0.717) is 5.95 Å². The number of anilines is 1. The number of methoxy groups -OCH3 is 1. The second-order valence-corrected chi connectivity index (χ2v) is 6.18. The summed E-state index contributed by atoms with van der Waals surface area (Å²) in [6, 6.07) is 6.82. The lowest BCUT2D eigenvalue weighted by molar-refractivity contribution is 0.388. The number of nitrogens with two attached hydrogens (primary N) is 1. The minimum Gasteiger partial charge on any atom is -0.469 e. The Morgan fingerprint density at radius 3 is 2.71 bits per heavy atom. The summed E-state index contributed by atoms with van der Waals surface area (Å²) < 4.78 is 4.97. The molecule has 0 amide bonds. The monoisotopic (exact) mass is 325 g/mol. The Morgan fingerprint density at radius 1 is 1.29 bits per heavy atom. The van der Waals surface area contributed by atoms with E-state index >= 15 is 0 Å². The average molecular weight is 325 g/mol. The molecule has 1 unspecified atom stereocenters. The highest BCUT2D eigenvalue weighted by Gasteiger charge is 2.21. The van der Waals surface area contributed by atoms with Crippen molar-refractivity contribution >= 4 is 12.0 Å². The molecule has 6 nitrogen and oxygen atoms in total. The van der Waals surface area contributed by atoms with Crippen LogP contribution in [0, 0.1) is 0 Å². The maximum Gasteiger partial charge on any atom is 0.281 e. The van der Waals surface area contributed by atoms with Gasteiger partial charge in [0.15, 0.2) is 0 Å². The van der Waals surface area contributed by atoms with E-state index < -0.39 is 0 Å². The zero-order valence-corrected chi connectivity index (χ0v) is 14.4. The fourth-order valence-corrected chi connectivity index (χ4v) is 3.09. The van der Waals surface area contributed by atoms with Gasteiger partial charge in [0, 0.05) is 32.1 Å². The van der Waals surface area contributed by atoms with Gasteiger partial charge in [-0.25, -0.2) is 15.0 Å². The van der Waals surface area contributed by atoms with Crippen LogP contribution in [-0.4, -0.2) is 43.2 Å². The average Bonchev–Trinajstić information content (AvgIpc) is 2.61. The Hall–Kier alpha value is -2.63. The molecule has 0 saturated heterocycles. The first-order chi connectivity index (χ1) is 11.6. The van der Waals surface area contributed by atoms with Gasteiger partial charge in [-0.2, -0.15) is 0 Å². The molecule has 0 radical (unpaired) electrons. The number of amidine groups is 1. The van der Waals surface area contributed by atoms with Crippen molar-refractivity contribution in [2.24, 2.45) is 10.7 Å². The molecule has 1 heterocycles. The van der Waals surface area contributed by atoms with Gasteiger partial charge in [-0.05, 0) is 36.0 Å². The van der Waals surface area contributed by atoms with Crippen molar-refractivity contribution < 1.29 is 4.74 Å². The molecule has 1 aromatic carbocycles. The number of aromatic nitrogens is 2. The van der Waals surface area contributed by atoms with Crippen molar-refractivity contribution in [2.75, 3.05) is 26.1 Å². The van der Waals surface area contributed by atoms with Gasteiger partial charge in [0.25, 0.3) is 6.02 Å². The van der Waals surface area contributed by atoms with E-state index in [1.165, 1.54) is 16.7 Å². The van der Waals surface area contributed by atoms with Crippen molar-refractivity contribution in [2.45, 2.75) is 25.3 Å². The van der Waals surface area contributed by atoms with E-state index in [9.17, 15) is 0 Å². The molecule has 126 valence electrons. The van der Waals surface area contributed by atoms with E-state index in [-0.39, 0.29) is 12.1 Å². The van der Waals surface area contributed by atoms with Gasteiger partial charge in [-0.15, -0.1) is 0 Å². The topological polar surface area (TPSA) is 76.6 Å². The minimum atomic E-state index is 0.181. The fraction of sp³-hybridized carbons (Fsp3) is 0.389. The summed E-state index contributed by atoms with van der Waals surface area (Å²) in [5.74, 6) is 0.716. The third-order valence-electron chi connectivity index (χ3n) is 4.32. The molecule has 0 bridgehead atoms. The van der Waals surface area contributed by atoms with Gasteiger partial charge in [-0.3, -0.25) is 0 Å². The highest BCUT2D eigenvalue weighted by Crippen LogP contribution is 2.32. The first-order valence-corrected chi connectivity index (χ1v) is 8.06. The molecule has 1 atom stereocenters. The second kappa shape index (κ2) is 6.86. The number of ether oxygens (including phenoxy) is 1. The first-order valence-electron chi connectivity index (χ1n) is 8.06. The molecule has 0 aliphatic heterocycles. The van der Waals surface area contributed by atoms with Crippen LogP contribution in [-0.2, 0) is 17.6 Å². The molecular weight excluding hydrogens is 302 g/mol. The van der Waals surface area contributed by atoms with E-state index in [1.54, 1.807) is 7.11 Å². The van der Waals surface area contributed by atoms with Crippen LogP contribution in [0.3, 0.4) is 0 Å². The molecule has 1 aromatic heterocycles. The molecule has 24 heavy (non-hydrogen) atoms. The normalized spacial score (nSPS) is 17.3. The van der Waals surface area contributed by atoms with Crippen LogP contribution in [0.2, 0.25) is 0 Å². The number of hydrogen-bond donors (Lipinski definition) is 1. The molecule has 0 spiro atoms. The molecule has 2 N–H and O–H groups in total. The number of nitrogens with zero attached hydrogens (tertiary/aromatic N) is 4. The number of rotatable bonds is 3. The molecule has 6 heteroatoms. The van der Waals surface area contributed by atoms with Crippen molar-refractivity contribution in [3.8, 4) is 11.1 Å². The number of aliphatic imine (C=N–C) groups is 1. The summed E-state index contributed by atoms with van der Waals surface area (Å²) in [4.78, 5) is 15.2. The Kier molecular flexibility index (Phi) is 4.64. The summed E-state index contributed by atoms with van der Waals surface area (Å²) in [6.07, 6.45) is 6.59. The molecule has 0 fully saturated rings. The molecule has 1 aliphatic rings. The molecule has 2 aromatic rings. The number of benzene rings is 1. The van der Waals surface area contributed by atoms with Crippen LogP contribution in [0.1, 0.15) is 17.5 Å². The maximum atomic E-state index is 5.69. The molecule has 3 rings (SSSR count). The lowest BCUT2D eigenvalue weighted by atomic mass is 9.84. The summed E-state index contributed by atoms with van der Waals surface area (Å²) >= 11 is 0. The highest BCUT2D eigenvalue weighted by molar-refractivity contribution is 5.72. The third kappa shape index (κ3) is 3.32. The first kappa shape index (κ1) is 16.2. The second-order valence-electron chi connectivity index (χ2n) is 6.18. The SMILES string of the molecule is COC(N)=NC1CCc2c(cccc2-c2cnc(N(C)C)nc2)C1. The van der Waals surface area contributed by atoms with Crippen LogP contribution in [0.5, 0.6) is 0 Å². The van der Waals surface area contributed by atoms with Gasteiger partial charge in [-0.1, -0.05) is 18.2 Å². The van der Waals surface area contributed by atoms with Crippen molar-refractivity contribution in [1.29, 1.82) is 0 Å². The highest BCUT2D eigenvalue weighted by atomic mass is 16.5. The van der Waals surface area contributed by atoms with Crippen molar-refractivity contribution in [3.63, 3.8) is 0 Å². The predicted molar refractivity (Wildman–Crippen MR) is 96.2 cm³/mol. The predicted octanol–water partition coefficient (Wildman–Crippen LogP) is 2.03. The van der Waals surface area contributed by atoms with Gasteiger partial charge < -0.3 is 15.4 Å². The summed E-state index contributed by atoms with van der Waals surface area (Å²) in [5.41, 5.74) is 10.6. The number of hydrogen-bond acceptors (Lipinski definition) is 5. The summed E-state index contributed by atoms with van der Waals surface area (Å²) in [6.45, 7) is 0. The van der Waals surface area contributed by atoms with Crippen LogP contribution in [0.15, 0.2) is 35.6 Å². The van der Waals surface area contributed by atoms with E-state index in [2.05, 4.69) is 33.2 Å². The van der Waals surface area contributed by atoms with Crippen LogP contribution < -0.4 is 10.6 Å². The standard InChI is InChI=1S/C18H23N5O/c1-23(2)18-20-10-13(11-21-18)15-6-4-5-12-9-14(7-8-16(12)15)22-17(19)24-3/h4-6,10-11,14H,7-9H2,1-3H3,(H2,19,22). The Bertz CT molecular complexity index is 740. The molecule has 0 saturated carbocycles. The Morgan fingerprint density at radius 2 is 2.04 bits per heavy atom. The lowest BCUT2D eigenvalue weighted by Gasteiger charge is -2.24. The van der Waals surface area contributed by atoms with Gasteiger partial charge >= 0.3 is 0 Å². The Balaban J connectivity index is 1.89. The van der Waals surface area contributed by atoms with E-state index in [4.69, 9.17) is 10.5 Å². The fourth-order valence-electron chi connectivity index (χ4n) is 3.09. The van der Waals surface area contributed by atoms with Gasteiger partial charge in [0.2, 0.25) is 5.95 Å².